The quantitative estimate of drug-likeness (QED) is 0.725. The SMILES string of the molecule is OC(c1ccccc1)c1cnn2ccccc12. The summed E-state index contributed by atoms with van der Waals surface area (Å²) in [6.45, 7) is 0. The average molecular weight is 224 g/mol. The van der Waals surface area contributed by atoms with Crippen LogP contribution < -0.4 is 0 Å². The van der Waals surface area contributed by atoms with Gasteiger partial charge < -0.3 is 5.11 Å². The first kappa shape index (κ1) is 10.1. The van der Waals surface area contributed by atoms with Crippen LogP contribution in [0.15, 0.2) is 60.9 Å². The highest BCUT2D eigenvalue weighted by atomic mass is 16.3. The van der Waals surface area contributed by atoms with Gasteiger partial charge >= 0.3 is 0 Å². The second kappa shape index (κ2) is 4.03. The molecule has 0 saturated carbocycles. The van der Waals surface area contributed by atoms with E-state index in [0.717, 1.165) is 16.6 Å². The van der Waals surface area contributed by atoms with E-state index in [1.165, 1.54) is 0 Å². The topological polar surface area (TPSA) is 37.5 Å². The number of aliphatic hydroxyl groups excluding tert-OH is 1. The third-order valence-electron chi connectivity index (χ3n) is 2.87. The Labute approximate surface area is 99.0 Å². The summed E-state index contributed by atoms with van der Waals surface area (Å²) in [4.78, 5) is 0. The van der Waals surface area contributed by atoms with Crippen LogP contribution in [-0.4, -0.2) is 14.7 Å². The summed E-state index contributed by atoms with van der Waals surface area (Å²) in [5, 5.41) is 14.5. The van der Waals surface area contributed by atoms with E-state index in [9.17, 15) is 5.11 Å². The van der Waals surface area contributed by atoms with Gasteiger partial charge in [0, 0.05) is 11.8 Å². The smallest absolute Gasteiger partial charge is 0.108 e. The highest BCUT2D eigenvalue weighted by Crippen LogP contribution is 2.24. The van der Waals surface area contributed by atoms with Crippen molar-refractivity contribution < 1.29 is 5.11 Å². The first-order valence-corrected chi connectivity index (χ1v) is 5.51. The van der Waals surface area contributed by atoms with Gasteiger partial charge in [0.1, 0.15) is 6.10 Å². The van der Waals surface area contributed by atoms with Gasteiger partial charge in [-0.2, -0.15) is 5.10 Å². The fourth-order valence-electron chi connectivity index (χ4n) is 1.98. The molecule has 1 N–H and O–H groups in total. The molecular formula is C14H12N2O. The van der Waals surface area contributed by atoms with Crippen molar-refractivity contribution in [3.8, 4) is 0 Å². The van der Waals surface area contributed by atoms with E-state index in [-0.39, 0.29) is 0 Å². The molecule has 0 spiro atoms. The van der Waals surface area contributed by atoms with Gasteiger partial charge in [0.25, 0.3) is 0 Å². The van der Waals surface area contributed by atoms with Crippen LogP contribution in [0.4, 0.5) is 0 Å². The fraction of sp³-hybridized carbons (Fsp3) is 0.0714. The Balaban J connectivity index is 2.10. The van der Waals surface area contributed by atoms with E-state index in [1.807, 2.05) is 54.7 Å². The van der Waals surface area contributed by atoms with Crippen LogP contribution in [0.5, 0.6) is 0 Å². The van der Waals surface area contributed by atoms with Crippen molar-refractivity contribution in [3.63, 3.8) is 0 Å². The molecule has 3 rings (SSSR count). The number of nitrogens with zero attached hydrogens (tertiary/aromatic N) is 2. The fourth-order valence-corrected chi connectivity index (χ4v) is 1.98. The number of aliphatic hydroxyl groups is 1. The molecule has 3 heteroatoms. The van der Waals surface area contributed by atoms with Crippen LogP contribution in [0, 0.1) is 0 Å². The Morgan fingerprint density at radius 1 is 1.00 bits per heavy atom. The maximum absolute atomic E-state index is 10.3. The van der Waals surface area contributed by atoms with Gasteiger partial charge in [0.15, 0.2) is 0 Å². The summed E-state index contributed by atoms with van der Waals surface area (Å²) < 4.78 is 1.77. The Morgan fingerprint density at radius 3 is 2.59 bits per heavy atom. The lowest BCUT2D eigenvalue weighted by Crippen LogP contribution is -1.98. The first-order valence-electron chi connectivity index (χ1n) is 5.51. The Morgan fingerprint density at radius 2 is 1.76 bits per heavy atom. The van der Waals surface area contributed by atoms with E-state index in [1.54, 1.807) is 10.7 Å². The van der Waals surface area contributed by atoms with Crippen LogP contribution in [0.2, 0.25) is 0 Å². The highest BCUT2D eigenvalue weighted by Gasteiger charge is 2.14. The minimum atomic E-state index is -0.629. The standard InChI is InChI=1S/C14H12N2O/c17-14(11-6-2-1-3-7-11)12-10-15-16-9-5-4-8-13(12)16/h1-10,14,17H. The lowest BCUT2D eigenvalue weighted by atomic mass is 10.0. The van der Waals surface area contributed by atoms with Gasteiger partial charge in [-0.25, -0.2) is 4.52 Å². The summed E-state index contributed by atoms with van der Waals surface area (Å²) in [6.07, 6.45) is 2.96. The minimum absolute atomic E-state index is 0.629. The second-order valence-electron chi connectivity index (χ2n) is 3.94. The predicted octanol–water partition coefficient (Wildman–Crippen LogP) is 2.42. The van der Waals surface area contributed by atoms with Gasteiger partial charge in [0.2, 0.25) is 0 Å². The molecule has 17 heavy (non-hydrogen) atoms. The number of hydrogen-bond acceptors (Lipinski definition) is 2. The molecule has 0 bridgehead atoms. The molecule has 2 aromatic heterocycles. The molecule has 0 radical (unpaired) electrons. The molecule has 0 aliphatic heterocycles. The highest BCUT2D eigenvalue weighted by molar-refractivity contribution is 5.56. The average Bonchev–Trinajstić information content (AvgIpc) is 2.83. The summed E-state index contributed by atoms with van der Waals surface area (Å²) in [6, 6.07) is 15.4. The molecule has 1 aromatic carbocycles. The van der Waals surface area contributed by atoms with Gasteiger partial charge in [-0.1, -0.05) is 36.4 Å². The van der Waals surface area contributed by atoms with E-state index in [0.29, 0.717) is 0 Å². The van der Waals surface area contributed by atoms with Crippen molar-refractivity contribution >= 4 is 5.52 Å². The molecule has 1 unspecified atom stereocenters. The summed E-state index contributed by atoms with van der Waals surface area (Å²) in [5.74, 6) is 0. The molecule has 0 aliphatic rings. The number of fused-ring (bicyclic) bond motifs is 1. The normalized spacial score (nSPS) is 12.8. The van der Waals surface area contributed by atoms with Gasteiger partial charge in [-0.05, 0) is 17.7 Å². The molecule has 3 nitrogen and oxygen atoms in total. The van der Waals surface area contributed by atoms with Crippen molar-refractivity contribution in [2.75, 3.05) is 0 Å². The van der Waals surface area contributed by atoms with E-state index < -0.39 is 6.10 Å². The number of pyridine rings is 1. The number of hydrogen-bond donors (Lipinski definition) is 1. The molecular weight excluding hydrogens is 212 g/mol. The predicted molar refractivity (Wildman–Crippen MR) is 65.7 cm³/mol. The second-order valence-corrected chi connectivity index (χ2v) is 3.94. The molecule has 2 heterocycles. The van der Waals surface area contributed by atoms with Crippen LogP contribution in [0.1, 0.15) is 17.2 Å². The van der Waals surface area contributed by atoms with Crippen molar-refractivity contribution in [3.05, 3.63) is 72.1 Å². The van der Waals surface area contributed by atoms with Crippen LogP contribution in [0.3, 0.4) is 0 Å². The lowest BCUT2D eigenvalue weighted by molar-refractivity contribution is 0.222. The number of benzene rings is 1. The first-order chi connectivity index (χ1) is 8.36. The summed E-state index contributed by atoms with van der Waals surface area (Å²) >= 11 is 0. The summed E-state index contributed by atoms with van der Waals surface area (Å²) in [7, 11) is 0. The van der Waals surface area contributed by atoms with E-state index in [4.69, 9.17) is 0 Å². The molecule has 0 fully saturated rings. The Kier molecular flexibility index (Phi) is 2.38. The maximum atomic E-state index is 10.3. The van der Waals surface area contributed by atoms with Gasteiger partial charge in [-0.3, -0.25) is 0 Å². The maximum Gasteiger partial charge on any atom is 0.108 e. The number of rotatable bonds is 2. The Bertz CT molecular complexity index is 631. The third-order valence-corrected chi connectivity index (χ3v) is 2.87. The molecule has 0 amide bonds. The van der Waals surface area contributed by atoms with Crippen molar-refractivity contribution in [2.45, 2.75) is 6.10 Å². The minimum Gasteiger partial charge on any atom is -0.384 e. The number of aromatic nitrogens is 2. The molecule has 3 aromatic rings. The van der Waals surface area contributed by atoms with Crippen LogP contribution in [-0.2, 0) is 0 Å². The summed E-state index contributed by atoms with van der Waals surface area (Å²) in [5.41, 5.74) is 2.65. The van der Waals surface area contributed by atoms with Gasteiger partial charge in [0.05, 0.1) is 11.7 Å². The monoisotopic (exact) mass is 224 g/mol. The van der Waals surface area contributed by atoms with Crippen molar-refractivity contribution in [2.24, 2.45) is 0 Å². The van der Waals surface area contributed by atoms with Crippen molar-refractivity contribution in [1.82, 2.24) is 9.61 Å². The zero-order valence-corrected chi connectivity index (χ0v) is 9.19. The largest absolute Gasteiger partial charge is 0.384 e. The Hall–Kier alpha value is -2.13. The van der Waals surface area contributed by atoms with E-state index in [2.05, 4.69) is 5.10 Å². The van der Waals surface area contributed by atoms with Crippen LogP contribution in [0.25, 0.3) is 5.52 Å². The molecule has 84 valence electrons. The van der Waals surface area contributed by atoms with Crippen molar-refractivity contribution in [1.29, 1.82) is 0 Å². The zero-order chi connectivity index (χ0) is 11.7. The lowest BCUT2D eigenvalue weighted by Gasteiger charge is -2.09. The molecule has 1 atom stereocenters. The molecule has 0 saturated heterocycles. The third kappa shape index (κ3) is 1.70. The van der Waals surface area contributed by atoms with Gasteiger partial charge in [-0.15, -0.1) is 0 Å². The zero-order valence-electron chi connectivity index (χ0n) is 9.19. The molecule has 0 aliphatic carbocycles. The van der Waals surface area contributed by atoms with E-state index >= 15 is 0 Å². The van der Waals surface area contributed by atoms with Crippen LogP contribution >= 0.6 is 0 Å².